The fraction of sp³-hybridized carbons (Fsp3) is 0.190. The fourth-order valence-corrected chi connectivity index (χ4v) is 3.34. The highest BCUT2D eigenvalue weighted by molar-refractivity contribution is 9.10. The summed E-state index contributed by atoms with van der Waals surface area (Å²) in [5, 5.41) is 4.39. The highest BCUT2D eigenvalue weighted by Crippen LogP contribution is 2.25. The Morgan fingerprint density at radius 3 is 2.42 bits per heavy atom. The fourth-order valence-electron chi connectivity index (χ4n) is 2.86. The highest BCUT2D eigenvalue weighted by atomic mass is 79.9. The molecule has 0 N–H and O–H groups in total. The molecule has 5 heteroatoms. The summed E-state index contributed by atoms with van der Waals surface area (Å²) in [5.41, 5.74) is 4.96. The number of aromatic nitrogens is 2. The molecule has 0 bridgehead atoms. The van der Waals surface area contributed by atoms with Crippen LogP contribution in [0.15, 0.2) is 57.8 Å². The van der Waals surface area contributed by atoms with E-state index in [1.807, 2.05) is 57.2 Å². The number of hydrogen-bond donors (Lipinski definition) is 0. The average Bonchev–Trinajstić information content (AvgIpc) is 2.60. The first-order valence-corrected chi connectivity index (χ1v) is 9.10. The molecular formula is C21H19BrN2O2. The lowest BCUT2D eigenvalue weighted by Crippen LogP contribution is -2.26. The van der Waals surface area contributed by atoms with Crippen LogP contribution in [0.2, 0.25) is 0 Å². The largest absolute Gasteiger partial charge is 0.292 e. The Morgan fingerprint density at radius 1 is 1.00 bits per heavy atom. The average molecular weight is 411 g/mol. The zero-order valence-corrected chi connectivity index (χ0v) is 16.5. The Morgan fingerprint density at radius 2 is 1.69 bits per heavy atom. The molecule has 26 heavy (non-hydrogen) atoms. The van der Waals surface area contributed by atoms with Crippen molar-refractivity contribution in [3.63, 3.8) is 0 Å². The number of ketones is 1. The van der Waals surface area contributed by atoms with E-state index in [0.717, 1.165) is 26.7 Å². The second-order valence-corrected chi connectivity index (χ2v) is 7.22. The van der Waals surface area contributed by atoms with Gasteiger partial charge in [-0.25, -0.2) is 4.68 Å². The summed E-state index contributed by atoms with van der Waals surface area (Å²) in [7, 11) is 0. The molecule has 3 aromatic rings. The van der Waals surface area contributed by atoms with Gasteiger partial charge < -0.3 is 0 Å². The maximum atomic E-state index is 12.8. The maximum absolute atomic E-state index is 12.8. The second kappa shape index (κ2) is 7.38. The van der Waals surface area contributed by atoms with Crippen LogP contribution >= 0.6 is 15.9 Å². The number of hydrogen-bond acceptors (Lipinski definition) is 3. The zero-order valence-electron chi connectivity index (χ0n) is 14.9. The number of aryl methyl sites for hydroxylation is 3. The summed E-state index contributed by atoms with van der Waals surface area (Å²) in [6.45, 7) is 5.82. The van der Waals surface area contributed by atoms with Gasteiger partial charge in [0.25, 0.3) is 5.56 Å². The van der Waals surface area contributed by atoms with Crippen LogP contribution in [0, 0.1) is 20.8 Å². The third-order valence-corrected chi connectivity index (χ3v) is 5.14. The normalized spacial score (nSPS) is 10.8. The Kier molecular flexibility index (Phi) is 5.18. The van der Waals surface area contributed by atoms with Crippen molar-refractivity contribution >= 4 is 21.7 Å². The van der Waals surface area contributed by atoms with Crippen molar-refractivity contribution in [2.75, 3.05) is 0 Å². The molecule has 0 radical (unpaired) electrons. The van der Waals surface area contributed by atoms with Crippen LogP contribution in [0.25, 0.3) is 11.3 Å². The van der Waals surface area contributed by atoms with Gasteiger partial charge in [-0.2, -0.15) is 5.10 Å². The Bertz CT molecular complexity index is 1050. The Balaban J connectivity index is 1.97. The molecule has 0 fully saturated rings. The summed E-state index contributed by atoms with van der Waals surface area (Å²) >= 11 is 3.49. The smallest absolute Gasteiger partial charge is 0.267 e. The standard InChI is InChI=1S/C21H19BrN2O2/c1-13-10-15(3)17(11-14(13)2)20(25)12-24-21(26)9-8-19(23-24)16-6-4-5-7-18(16)22/h4-11H,12H2,1-3H3. The number of rotatable bonds is 4. The number of nitrogens with zero attached hydrogens (tertiary/aromatic N) is 2. The predicted molar refractivity (Wildman–Crippen MR) is 107 cm³/mol. The third kappa shape index (κ3) is 3.68. The van der Waals surface area contributed by atoms with E-state index in [-0.39, 0.29) is 17.9 Å². The molecule has 0 saturated heterocycles. The molecule has 0 amide bonds. The Hall–Kier alpha value is -2.53. The second-order valence-electron chi connectivity index (χ2n) is 6.37. The van der Waals surface area contributed by atoms with Crippen LogP contribution in [0.5, 0.6) is 0 Å². The van der Waals surface area contributed by atoms with Gasteiger partial charge in [0.2, 0.25) is 0 Å². The lowest BCUT2D eigenvalue weighted by Gasteiger charge is -2.11. The summed E-state index contributed by atoms with van der Waals surface area (Å²) < 4.78 is 2.11. The van der Waals surface area contributed by atoms with Gasteiger partial charge in [-0.15, -0.1) is 0 Å². The number of benzene rings is 2. The monoisotopic (exact) mass is 410 g/mol. The van der Waals surface area contributed by atoms with E-state index in [2.05, 4.69) is 21.0 Å². The Labute approximate surface area is 160 Å². The number of carbonyl (C=O) groups is 1. The predicted octanol–water partition coefficient (Wildman–Crippen LogP) is 4.48. The molecule has 0 aliphatic rings. The molecular weight excluding hydrogens is 392 g/mol. The lowest BCUT2D eigenvalue weighted by atomic mass is 9.98. The first-order valence-electron chi connectivity index (χ1n) is 8.31. The highest BCUT2D eigenvalue weighted by Gasteiger charge is 2.14. The third-order valence-electron chi connectivity index (χ3n) is 4.45. The molecule has 0 aliphatic carbocycles. The first-order chi connectivity index (χ1) is 12.4. The van der Waals surface area contributed by atoms with Gasteiger partial charge in [-0.05, 0) is 55.7 Å². The summed E-state index contributed by atoms with van der Waals surface area (Å²) in [5.74, 6) is -0.121. The molecule has 3 rings (SSSR count). The van der Waals surface area contributed by atoms with Gasteiger partial charge in [-0.1, -0.05) is 40.2 Å². The van der Waals surface area contributed by atoms with E-state index in [9.17, 15) is 9.59 Å². The van der Waals surface area contributed by atoms with Crippen LogP contribution < -0.4 is 5.56 Å². The van der Waals surface area contributed by atoms with E-state index in [0.29, 0.717) is 11.3 Å². The van der Waals surface area contributed by atoms with Crippen LogP contribution in [-0.4, -0.2) is 15.6 Å². The van der Waals surface area contributed by atoms with Crippen molar-refractivity contribution in [2.24, 2.45) is 0 Å². The topological polar surface area (TPSA) is 52.0 Å². The van der Waals surface area contributed by atoms with Crippen LogP contribution in [0.3, 0.4) is 0 Å². The molecule has 0 unspecified atom stereocenters. The molecule has 0 aliphatic heterocycles. The van der Waals surface area contributed by atoms with Gasteiger partial charge in [0, 0.05) is 21.7 Å². The van der Waals surface area contributed by atoms with Crippen molar-refractivity contribution in [3.8, 4) is 11.3 Å². The quantitative estimate of drug-likeness (QED) is 0.595. The van der Waals surface area contributed by atoms with Crippen molar-refractivity contribution in [1.29, 1.82) is 0 Å². The summed E-state index contributed by atoms with van der Waals surface area (Å²) in [6.07, 6.45) is 0. The van der Waals surface area contributed by atoms with E-state index >= 15 is 0 Å². The van der Waals surface area contributed by atoms with Crippen molar-refractivity contribution in [2.45, 2.75) is 27.3 Å². The van der Waals surface area contributed by atoms with Crippen LogP contribution in [-0.2, 0) is 6.54 Å². The molecule has 0 atom stereocenters. The van der Waals surface area contributed by atoms with Gasteiger partial charge in [0.05, 0.1) is 5.69 Å². The minimum Gasteiger partial charge on any atom is -0.292 e. The molecule has 0 saturated carbocycles. The van der Waals surface area contributed by atoms with Crippen molar-refractivity contribution < 1.29 is 4.79 Å². The lowest BCUT2D eigenvalue weighted by molar-refractivity contribution is 0.0965. The van der Waals surface area contributed by atoms with Crippen LogP contribution in [0.1, 0.15) is 27.0 Å². The van der Waals surface area contributed by atoms with E-state index < -0.39 is 0 Å². The zero-order chi connectivity index (χ0) is 18.8. The summed E-state index contributed by atoms with van der Waals surface area (Å²) in [4.78, 5) is 25.0. The van der Waals surface area contributed by atoms with Gasteiger partial charge in [0.1, 0.15) is 6.54 Å². The molecule has 0 spiro atoms. The molecule has 132 valence electrons. The van der Waals surface area contributed by atoms with Crippen molar-refractivity contribution in [1.82, 2.24) is 9.78 Å². The molecule has 1 aromatic heterocycles. The molecule has 1 heterocycles. The molecule has 4 nitrogen and oxygen atoms in total. The number of carbonyl (C=O) groups excluding carboxylic acids is 1. The first kappa shape index (κ1) is 18.3. The number of Topliss-reactive ketones (excluding diaryl/α,β-unsaturated/α-hetero) is 1. The van der Waals surface area contributed by atoms with Crippen LogP contribution in [0.4, 0.5) is 0 Å². The maximum Gasteiger partial charge on any atom is 0.267 e. The van der Waals surface area contributed by atoms with E-state index in [1.165, 1.54) is 10.7 Å². The van der Waals surface area contributed by atoms with E-state index in [1.54, 1.807) is 6.07 Å². The number of halogens is 1. The summed E-state index contributed by atoms with van der Waals surface area (Å²) in [6, 6.07) is 14.6. The molecule has 2 aromatic carbocycles. The van der Waals surface area contributed by atoms with Gasteiger partial charge >= 0.3 is 0 Å². The van der Waals surface area contributed by atoms with E-state index in [4.69, 9.17) is 0 Å². The minimum absolute atomic E-state index is 0.0829. The SMILES string of the molecule is Cc1cc(C)c(C(=O)Cn2nc(-c3ccccc3Br)ccc2=O)cc1C. The minimum atomic E-state index is -0.296. The van der Waals surface area contributed by atoms with Gasteiger partial charge in [-0.3, -0.25) is 9.59 Å². The van der Waals surface area contributed by atoms with Crippen molar-refractivity contribution in [3.05, 3.63) is 85.6 Å². The van der Waals surface area contributed by atoms with Gasteiger partial charge in [0.15, 0.2) is 5.78 Å².